The first-order valence-corrected chi connectivity index (χ1v) is 6.19. The van der Waals surface area contributed by atoms with Gasteiger partial charge in [-0.25, -0.2) is 0 Å². The van der Waals surface area contributed by atoms with Gasteiger partial charge in [-0.15, -0.1) is 23.1 Å². The molecule has 0 saturated heterocycles. The number of ether oxygens (including phenoxy) is 1. The van der Waals surface area contributed by atoms with Gasteiger partial charge in [0.25, 0.3) is 0 Å². The third-order valence-electron chi connectivity index (χ3n) is 2.06. The van der Waals surface area contributed by atoms with Crippen molar-refractivity contribution in [3.05, 3.63) is 17.5 Å². The largest absolute Gasteiger partial charge is 0.504 e. The molecule has 0 aliphatic carbocycles. The molecular weight excluding hydrogens is 216 g/mol. The van der Waals surface area contributed by atoms with E-state index in [2.05, 4.69) is 5.38 Å². The maximum Gasteiger partial charge on any atom is 0.178 e. The first kappa shape index (κ1) is 9.68. The van der Waals surface area contributed by atoms with Crippen LogP contribution in [0.25, 0.3) is 10.1 Å². The molecule has 1 heterocycles. The normalized spacial score (nSPS) is 10.7. The summed E-state index contributed by atoms with van der Waals surface area (Å²) in [6.07, 6.45) is 2.04. The topological polar surface area (TPSA) is 29.5 Å². The van der Waals surface area contributed by atoms with E-state index in [1.165, 1.54) is 4.90 Å². The molecule has 0 fully saturated rings. The Balaban J connectivity index is 2.76. The van der Waals surface area contributed by atoms with E-state index in [0.29, 0.717) is 5.75 Å². The average Bonchev–Trinajstić information content (AvgIpc) is 2.60. The highest BCUT2D eigenvalue weighted by Crippen LogP contribution is 2.42. The summed E-state index contributed by atoms with van der Waals surface area (Å²) in [6, 6.07) is 3.60. The summed E-state index contributed by atoms with van der Waals surface area (Å²) in [6.45, 7) is 0. The summed E-state index contributed by atoms with van der Waals surface area (Å²) >= 11 is 3.30. The number of fused-ring (bicyclic) bond motifs is 1. The van der Waals surface area contributed by atoms with E-state index in [1.54, 1.807) is 36.3 Å². The minimum atomic E-state index is 0.203. The number of thiophene rings is 1. The molecule has 74 valence electrons. The minimum Gasteiger partial charge on any atom is -0.504 e. The third-order valence-corrected chi connectivity index (χ3v) is 3.99. The molecule has 0 aliphatic heterocycles. The summed E-state index contributed by atoms with van der Waals surface area (Å²) in [7, 11) is 1.58. The van der Waals surface area contributed by atoms with Gasteiger partial charge in [0.1, 0.15) is 0 Å². The number of methoxy groups -OCH3 is 1. The van der Waals surface area contributed by atoms with E-state index in [-0.39, 0.29) is 5.75 Å². The molecule has 0 spiro atoms. The molecule has 1 aromatic carbocycles. The zero-order chi connectivity index (χ0) is 10.1. The van der Waals surface area contributed by atoms with Crippen molar-refractivity contribution in [1.29, 1.82) is 0 Å². The highest BCUT2D eigenvalue weighted by atomic mass is 32.2. The SMILES string of the molecule is COc1c(O)ccc2c(SC)csc12. The van der Waals surface area contributed by atoms with E-state index in [1.807, 2.05) is 12.3 Å². The number of hydrogen-bond donors (Lipinski definition) is 1. The molecule has 14 heavy (non-hydrogen) atoms. The molecule has 2 aromatic rings. The summed E-state index contributed by atoms with van der Waals surface area (Å²) in [5, 5.41) is 12.8. The second kappa shape index (κ2) is 3.71. The van der Waals surface area contributed by atoms with Gasteiger partial charge in [-0.05, 0) is 18.4 Å². The van der Waals surface area contributed by atoms with Crippen LogP contribution in [0.1, 0.15) is 0 Å². The average molecular weight is 226 g/mol. The molecule has 1 aromatic heterocycles. The zero-order valence-corrected chi connectivity index (χ0v) is 9.54. The molecule has 0 radical (unpaired) electrons. The molecule has 0 aliphatic rings. The zero-order valence-electron chi connectivity index (χ0n) is 7.90. The number of aromatic hydroxyl groups is 1. The number of phenols is 1. The molecule has 2 nitrogen and oxygen atoms in total. The Morgan fingerprint density at radius 2 is 2.21 bits per heavy atom. The van der Waals surface area contributed by atoms with Gasteiger partial charge in [-0.2, -0.15) is 0 Å². The van der Waals surface area contributed by atoms with Crippen molar-refractivity contribution in [3.63, 3.8) is 0 Å². The van der Waals surface area contributed by atoms with E-state index in [9.17, 15) is 5.11 Å². The van der Waals surface area contributed by atoms with Gasteiger partial charge in [0.2, 0.25) is 0 Å². The Morgan fingerprint density at radius 1 is 1.43 bits per heavy atom. The Hall–Kier alpha value is -0.870. The molecule has 0 unspecified atom stereocenters. The van der Waals surface area contributed by atoms with E-state index in [0.717, 1.165) is 10.1 Å². The second-order valence-corrected chi connectivity index (χ2v) is 4.53. The van der Waals surface area contributed by atoms with Crippen LogP contribution in [0.2, 0.25) is 0 Å². The third kappa shape index (κ3) is 1.35. The van der Waals surface area contributed by atoms with Crippen LogP contribution in [0, 0.1) is 0 Å². The fourth-order valence-corrected chi connectivity index (χ4v) is 3.33. The standard InChI is InChI=1S/C10H10O2S2/c1-12-9-7(11)4-3-6-8(13-2)5-14-10(6)9/h3-5,11H,1-2H3. The molecule has 0 atom stereocenters. The van der Waals surface area contributed by atoms with Crippen molar-refractivity contribution >= 4 is 33.2 Å². The van der Waals surface area contributed by atoms with Gasteiger partial charge in [0, 0.05) is 15.7 Å². The number of hydrogen-bond acceptors (Lipinski definition) is 4. The van der Waals surface area contributed by atoms with Crippen molar-refractivity contribution in [3.8, 4) is 11.5 Å². The number of thioether (sulfide) groups is 1. The van der Waals surface area contributed by atoms with Crippen molar-refractivity contribution in [1.82, 2.24) is 0 Å². The molecular formula is C10H10O2S2. The highest BCUT2D eigenvalue weighted by molar-refractivity contribution is 7.99. The van der Waals surface area contributed by atoms with E-state index < -0.39 is 0 Å². The predicted octanol–water partition coefficient (Wildman–Crippen LogP) is 3.34. The van der Waals surface area contributed by atoms with Crippen molar-refractivity contribution < 1.29 is 9.84 Å². The molecule has 2 rings (SSSR count). The van der Waals surface area contributed by atoms with Gasteiger partial charge in [-0.1, -0.05) is 0 Å². The lowest BCUT2D eigenvalue weighted by Crippen LogP contribution is -1.83. The van der Waals surface area contributed by atoms with Crippen LogP contribution in [-0.4, -0.2) is 18.5 Å². The molecule has 4 heteroatoms. The molecule has 1 N–H and O–H groups in total. The molecule has 0 saturated carbocycles. The fourth-order valence-electron chi connectivity index (χ4n) is 1.39. The van der Waals surface area contributed by atoms with Crippen molar-refractivity contribution in [2.75, 3.05) is 13.4 Å². The van der Waals surface area contributed by atoms with Crippen LogP contribution in [0.15, 0.2) is 22.4 Å². The monoisotopic (exact) mass is 226 g/mol. The maximum atomic E-state index is 9.57. The van der Waals surface area contributed by atoms with Crippen molar-refractivity contribution in [2.45, 2.75) is 4.90 Å². The van der Waals surface area contributed by atoms with Crippen LogP contribution >= 0.6 is 23.1 Å². The van der Waals surface area contributed by atoms with Gasteiger partial charge < -0.3 is 9.84 Å². The van der Waals surface area contributed by atoms with Crippen LogP contribution in [0.4, 0.5) is 0 Å². The minimum absolute atomic E-state index is 0.203. The van der Waals surface area contributed by atoms with Crippen molar-refractivity contribution in [2.24, 2.45) is 0 Å². The van der Waals surface area contributed by atoms with Crippen LogP contribution in [-0.2, 0) is 0 Å². The van der Waals surface area contributed by atoms with Crippen LogP contribution in [0.3, 0.4) is 0 Å². The maximum absolute atomic E-state index is 9.57. The highest BCUT2D eigenvalue weighted by Gasteiger charge is 2.11. The van der Waals surface area contributed by atoms with Gasteiger partial charge in [0.15, 0.2) is 11.5 Å². The summed E-state index contributed by atoms with van der Waals surface area (Å²) in [5.74, 6) is 0.780. The van der Waals surface area contributed by atoms with E-state index >= 15 is 0 Å². The Kier molecular flexibility index (Phi) is 2.56. The lowest BCUT2D eigenvalue weighted by Gasteiger charge is -2.04. The summed E-state index contributed by atoms with van der Waals surface area (Å²) in [5.41, 5.74) is 0. The van der Waals surface area contributed by atoms with Gasteiger partial charge in [-0.3, -0.25) is 0 Å². The number of benzene rings is 1. The van der Waals surface area contributed by atoms with Crippen LogP contribution in [0.5, 0.6) is 11.5 Å². The first-order chi connectivity index (χ1) is 6.77. The summed E-state index contributed by atoms with van der Waals surface area (Å²) < 4.78 is 6.18. The summed E-state index contributed by atoms with van der Waals surface area (Å²) in [4.78, 5) is 1.23. The lowest BCUT2D eigenvalue weighted by molar-refractivity contribution is 0.378. The fraction of sp³-hybridized carbons (Fsp3) is 0.200. The van der Waals surface area contributed by atoms with Crippen LogP contribution < -0.4 is 4.74 Å². The predicted molar refractivity (Wildman–Crippen MR) is 61.8 cm³/mol. The molecule has 0 amide bonds. The first-order valence-electron chi connectivity index (χ1n) is 4.09. The van der Waals surface area contributed by atoms with E-state index in [4.69, 9.17) is 4.74 Å². The van der Waals surface area contributed by atoms with Gasteiger partial charge >= 0.3 is 0 Å². The number of phenolic OH excluding ortho intramolecular Hbond substituents is 1. The Labute approximate surface area is 90.5 Å². The smallest absolute Gasteiger partial charge is 0.178 e. The second-order valence-electron chi connectivity index (χ2n) is 2.80. The Bertz CT molecular complexity index is 462. The molecule has 0 bridgehead atoms. The Morgan fingerprint density at radius 3 is 2.86 bits per heavy atom. The quantitative estimate of drug-likeness (QED) is 0.796. The van der Waals surface area contributed by atoms with Gasteiger partial charge in [0.05, 0.1) is 11.8 Å². The number of rotatable bonds is 2. The lowest BCUT2D eigenvalue weighted by atomic mass is 10.2.